The van der Waals surface area contributed by atoms with Crippen molar-refractivity contribution in [1.82, 2.24) is 34.8 Å². The number of anilines is 1. The number of nitrogens with one attached hydrogen (secondary N) is 2. The SMILES string of the molecule is Cn1cnc(-c2ccc(C3N=C4N(CC(=O)Nc5ccc(C(F)(F)F)cc5Cl)C5=C(C(=O)N4N3)C3(CCN(C(=O)c4ncccc4O)CC3)OC5)cc2)c1. The van der Waals surface area contributed by atoms with Gasteiger partial charge in [0.25, 0.3) is 11.8 Å². The third-order valence-electron chi connectivity index (χ3n) is 9.86. The number of fused-ring (bicyclic) bond motifs is 2. The monoisotopic (exact) mass is 761 g/mol. The number of pyridine rings is 1. The van der Waals surface area contributed by atoms with E-state index in [1.165, 1.54) is 28.2 Å². The Bertz CT molecular complexity index is 2250. The zero-order valence-electron chi connectivity index (χ0n) is 28.5. The molecule has 1 saturated heterocycles. The largest absolute Gasteiger partial charge is 0.505 e. The van der Waals surface area contributed by atoms with E-state index in [2.05, 4.69) is 20.7 Å². The highest BCUT2D eigenvalue weighted by Gasteiger charge is 2.55. The molecule has 8 rings (SSSR count). The topological polar surface area (TPSA) is 158 Å². The van der Waals surface area contributed by atoms with Gasteiger partial charge >= 0.3 is 6.18 Å². The molecule has 278 valence electrons. The van der Waals surface area contributed by atoms with Gasteiger partial charge < -0.3 is 29.5 Å². The summed E-state index contributed by atoms with van der Waals surface area (Å²) < 4.78 is 48.0. The van der Waals surface area contributed by atoms with E-state index in [0.717, 1.165) is 35.0 Å². The lowest BCUT2D eigenvalue weighted by molar-refractivity contribution is -0.137. The lowest BCUT2D eigenvalue weighted by Gasteiger charge is -2.42. The minimum atomic E-state index is -4.62. The first-order chi connectivity index (χ1) is 25.8. The van der Waals surface area contributed by atoms with Crippen molar-refractivity contribution in [3.05, 3.63) is 106 Å². The van der Waals surface area contributed by atoms with Gasteiger partial charge in [0.1, 0.15) is 24.1 Å². The average Bonchev–Trinajstić information content (AvgIpc) is 3.89. The number of hydrazine groups is 1. The molecule has 1 spiro atoms. The summed E-state index contributed by atoms with van der Waals surface area (Å²) in [7, 11) is 1.87. The van der Waals surface area contributed by atoms with Crippen molar-refractivity contribution >= 4 is 41.0 Å². The summed E-state index contributed by atoms with van der Waals surface area (Å²) in [4.78, 5) is 57.6. The number of aliphatic imine (C=N–C) groups is 1. The fraction of sp³-hybridized carbons (Fsp3) is 0.278. The number of guanidine groups is 1. The number of piperidine rings is 1. The number of carbonyl (C=O) groups is 3. The second-order valence-electron chi connectivity index (χ2n) is 13.2. The number of carbonyl (C=O) groups excluding carboxylic acids is 3. The molecule has 2 aromatic heterocycles. The maximum Gasteiger partial charge on any atom is 0.416 e. The van der Waals surface area contributed by atoms with Crippen molar-refractivity contribution in [3.63, 3.8) is 0 Å². The second kappa shape index (κ2) is 13.3. The summed E-state index contributed by atoms with van der Waals surface area (Å²) in [5.41, 5.74) is 4.06. The molecule has 14 nitrogen and oxygen atoms in total. The number of aromatic hydroxyl groups is 1. The summed E-state index contributed by atoms with van der Waals surface area (Å²) in [6.45, 7) is -0.0770. The van der Waals surface area contributed by atoms with Crippen LogP contribution in [0.2, 0.25) is 5.02 Å². The first-order valence-electron chi connectivity index (χ1n) is 16.8. The molecule has 54 heavy (non-hydrogen) atoms. The van der Waals surface area contributed by atoms with E-state index in [4.69, 9.17) is 21.3 Å². The number of aryl methyl sites for hydroxylation is 1. The van der Waals surface area contributed by atoms with Crippen LogP contribution in [0.3, 0.4) is 0 Å². The molecule has 18 heteroatoms. The Morgan fingerprint density at radius 1 is 1.11 bits per heavy atom. The van der Waals surface area contributed by atoms with Gasteiger partial charge in [0.2, 0.25) is 11.9 Å². The quantitative estimate of drug-likeness (QED) is 0.258. The first kappa shape index (κ1) is 35.3. The van der Waals surface area contributed by atoms with Gasteiger partial charge in [-0.15, -0.1) is 0 Å². The third kappa shape index (κ3) is 6.22. The van der Waals surface area contributed by atoms with Crippen molar-refractivity contribution in [2.75, 3.05) is 31.6 Å². The molecule has 2 aromatic carbocycles. The average molecular weight is 762 g/mol. The van der Waals surface area contributed by atoms with Gasteiger partial charge in [0.15, 0.2) is 5.69 Å². The van der Waals surface area contributed by atoms with E-state index in [1.54, 1.807) is 11.2 Å². The van der Waals surface area contributed by atoms with E-state index in [-0.39, 0.29) is 60.7 Å². The molecule has 4 aliphatic rings. The van der Waals surface area contributed by atoms with Gasteiger partial charge in [-0.1, -0.05) is 35.9 Å². The molecular formula is C36H31ClF3N9O5. The van der Waals surface area contributed by atoms with Gasteiger partial charge in [-0.25, -0.2) is 20.0 Å². The molecule has 3 amide bonds. The van der Waals surface area contributed by atoms with Crippen molar-refractivity contribution < 1.29 is 37.4 Å². The maximum atomic E-state index is 14.4. The highest BCUT2D eigenvalue weighted by Crippen LogP contribution is 2.46. The Labute approximate surface area is 310 Å². The number of aromatic nitrogens is 3. The van der Waals surface area contributed by atoms with Crippen LogP contribution in [0.15, 0.2) is 89.6 Å². The summed E-state index contributed by atoms with van der Waals surface area (Å²) in [5.74, 6) is -1.65. The van der Waals surface area contributed by atoms with Crippen molar-refractivity contribution in [1.29, 1.82) is 0 Å². The third-order valence-corrected chi connectivity index (χ3v) is 10.2. The lowest BCUT2D eigenvalue weighted by Crippen LogP contribution is -2.58. The number of amides is 3. The molecule has 0 saturated carbocycles. The predicted octanol–water partition coefficient (Wildman–Crippen LogP) is 4.47. The molecule has 3 N–H and O–H groups in total. The number of ether oxygens (including phenoxy) is 1. The van der Waals surface area contributed by atoms with E-state index in [1.807, 2.05) is 42.1 Å². The van der Waals surface area contributed by atoms with E-state index < -0.39 is 47.8 Å². The van der Waals surface area contributed by atoms with Gasteiger partial charge in [0, 0.05) is 38.1 Å². The van der Waals surface area contributed by atoms with Crippen LogP contribution in [0, 0.1) is 0 Å². The van der Waals surface area contributed by atoms with Crippen LogP contribution in [0.4, 0.5) is 18.9 Å². The number of halogens is 4. The highest BCUT2D eigenvalue weighted by molar-refractivity contribution is 6.33. The Balaban J connectivity index is 1.08. The number of likely N-dealkylation sites (tertiary alicyclic amines) is 1. The smallest absolute Gasteiger partial charge is 0.416 e. The molecule has 1 atom stereocenters. The predicted molar refractivity (Wildman–Crippen MR) is 187 cm³/mol. The zero-order valence-corrected chi connectivity index (χ0v) is 29.2. The molecule has 1 fully saturated rings. The minimum absolute atomic E-state index is 0.0266. The van der Waals surface area contributed by atoms with Crippen molar-refractivity contribution in [2.45, 2.75) is 30.8 Å². The van der Waals surface area contributed by atoms with Crippen LogP contribution in [0.5, 0.6) is 5.75 Å². The van der Waals surface area contributed by atoms with Gasteiger partial charge in [-0.05, 0) is 48.7 Å². The number of hydrogen-bond acceptors (Lipinski definition) is 10. The normalized spacial score (nSPS) is 19.3. The summed E-state index contributed by atoms with van der Waals surface area (Å²) >= 11 is 6.14. The van der Waals surface area contributed by atoms with Crippen molar-refractivity contribution in [2.24, 2.45) is 12.0 Å². The number of hydrogen-bond donors (Lipinski definition) is 3. The molecule has 4 aromatic rings. The number of imidazole rings is 1. The van der Waals surface area contributed by atoms with Gasteiger partial charge in [-0.3, -0.25) is 14.4 Å². The second-order valence-corrected chi connectivity index (χ2v) is 13.6. The van der Waals surface area contributed by atoms with Crippen LogP contribution >= 0.6 is 11.6 Å². The summed E-state index contributed by atoms with van der Waals surface area (Å²) in [6.07, 6.45) is 0.119. The Hall–Kier alpha value is -5.78. The van der Waals surface area contributed by atoms with E-state index in [0.29, 0.717) is 11.3 Å². The highest BCUT2D eigenvalue weighted by atomic mass is 35.5. The molecule has 1 unspecified atom stereocenters. The number of benzene rings is 2. The van der Waals surface area contributed by atoms with Crippen LogP contribution in [-0.4, -0.2) is 90.0 Å². The van der Waals surface area contributed by atoms with Crippen molar-refractivity contribution in [3.8, 4) is 17.0 Å². The lowest BCUT2D eigenvalue weighted by atomic mass is 9.82. The molecule has 6 heterocycles. The van der Waals surface area contributed by atoms with Crippen LogP contribution < -0.4 is 10.7 Å². The van der Waals surface area contributed by atoms with E-state index >= 15 is 0 Å². The fourth-order valence-corrected chi connectivity index (χ4v) is 7.34. The van der Waals surface area contributed by atoms with Gasteiger partial charge in [0.05, 0.1) is 46.2 Å². The molecule has 0 aliphatic carbocycles. The Morgan fingerprint density at radius 3 is 2.54 bits per heavy atom. The molecule has 0 radical (unpaired) electrons. The van der Waals surface area contributed by atoms with Crippen LogP contribution in [0.1, 0.15) is 40.6 Å². The number of rotatable bonds is 6. The maximum absolute atomic E-state index is 14.4. The summed E-state index contributed by atoms with van der Waals surface area (Å²) in [6, 6.07) is 13.0. The van der Waals surface area contributed by atoms with Gasteiger partial charge in [-0.2, -0.15) is 18.6 Å². The number of nitrogens with zero attached hydrogens (tertiary/aromatic N) is 7. The van der Waals surface area contributed by atoms with Crippen LogP contribution in [0.25, 0.3) is 11.3 Å². The number of alkyl halides is 3. The standard InChI is InChI=1S/C36H31ClF3N9O5/c1-46-16-25(42-19-46)20-4-6-21(7-5-20)31-44-34-48(17-28(51)43-24-9-8-22(15-23(24)37)36(38,39)40)26-18-54-35(29(26)32(52)49(34)45-31)10-13-47(14-11-35)33(53)30-27(50)3-2-12-41-30/h2-9,12,15-16,19,31,45,50H,10-11,13-14,17-18H2,1H3,(H,43,51). The van der Waals surface area contributed by atoms with Crippen LogP contribution in [-0.2, 0) is 27.5 Å². The Kier molecular flexibility index (Phi) is 8.66. The first-order valence-corrected chi connectivity index (χ1v) is 17.2. The summed E-state index contributed by atoms with van der Waals surface area (Å²) in [5, 5.41) is 13.8. The fourth-order valence-electron chi connectivity index (χ4n) is 7.12. The Morgan fingerprint density at radius 2 is 1.87 bits per heavy atom. The molecule has 4 aliphatic heterocycles. The minimum Gasteiger partial charge on any atom is -0.505 e. The zero-order chi connectivity index (χ0) is 37.9. The molecular weight excluding hydrogens is 731 g/mol. The van der Waals surface area contributed by atoms with E-state index in [9.17, 15) is 32.7 Å². The molecule has 0 bridgehead atoms.